The SMILES string of the molecule is C[C@@H]1COCCN1c1nc(-c2ccc(NC(=O)Nc3ccc(N4CCN(CC5CC5)CC4)cc3)cc2)nc(N2[C@H](C)CC[C@@H]2C)n1. The summed E-state index contributed by atoms with van der Waals surface area (Å²) in [6.45, 7) is 14.3. The average Bonchev–Trinajstić information content (AvgIpc) is 3.82. The predicted octanol–water partition coefficient (Wildman–Crippen LogP) is 5.32. The highest BCUT2D eigenvalue weighted by Crippen LogP contribution is 2.32. The van der Waals surface area contributed by atoms with E-state index in [0.29, 0.717) is 42.8 Å². The van der Waals surface area contributed by atoms with Crippen LogP contribution >= 0.6 is 0 Å². The second-order valence-electron chi connectivity index (χ2n) is 13.5. The van der Waals surface area contributed by atoms with Gasteiger partial charge in [0, 0.05) is 74.0 Å². The molecular formula is C35H47N9O2. The fraction of sp³-hybridized carbons (Fsp3) is 0.543. The molecule has 1 saturated carbocycles. The Bertz CT molecular complexity index is 1480. The lowest BCUT2D eigenvalue weighted by atomic mass is 10.2. The zero-order valence-corrected chi connectivity index (χ0v) is 27.4. The van der Waals surface area contributed by atoms with E-state index in [4.69, 9.17) is 19.7 Å². The molecule has 0 radical (unpaired) electrons. The van der Waals surface area contributed by atoms with Gasteiger partial charge < -0.3 is 30.1 Å². The molecule has 4 heterocycles. The quantitative estimate of drug-likeness (QED) is 0.345. The molecule has 11 heteroatoms. The minimum Gasteiger partial charge on any atom is -0.377 e. The lowest BCUT2D eigenvalue weighted by molar-refractivity contribution is 0.0981. The first-order valence-corrected chi connectivity index (χ1v) is 17.0. The zero-order chi connectivity index (χ0) is 31.6. The van der Waals surface area contributed by atoms with Crippen molar-refractivity contribution in [3.63, 3.8) is 0 Å². The van der Waals surface area contributed by atoms with E-state index in [1.165, 1.54) is 25.1 Å². The number of nitrogens with zero attached hydrogens (tertiary/aromatic N) is 7. The summed E-state index contributed by atoms with van der Waals surface area (Å²) in [6, 6.07) is 16.5. The first kappa shape index (κ1) is 30.7. The number of urea groups is 1. The molecule has 1 aliphatic carbocycles. The highest BCUT2D eigenvalue weighted by molar-refractivity contribution is 5.99. The summed E-state index contributed by atoms with van der Waals surface area (Å²) in [5.41, 5.74) is 3.53. The second kappa shape index (κ2) is 13.4. The second-order valence-corrected chi connectivity index (χ2v) is 13.5. The van der Waals surface area contributed by atoms with Crippen molar-refractivity contribution in [2.45, 2.75) is 64.6 Å². The molecule has 1 aromatic heterocycles. The summed E-state index contributed by atoms with van der Waals surface area (Å²) in [7, 11) is 0. The molecule has 2 N–H and O–H groups in total. The van der Waals surface area contributed by atoms with Gasteiger partial charge in [0.1, 0.15) is 0 Å². The van der Waals surface area contributed by atoms with Crippen LogP contribution in [0.2, 0.25) is 0 Å². The number of piperazine rings is 1. The normalized spacial score (nSPS) is 23.9. The summed E-state index contributed by atoms with van der Waals surface area (Å²) in [5, 5.41) is 5.93. The summed E-state index contributed by atoms with van der Waals surface area (Å²) in [5.74, 6) is 2.98. The largest absolute Gasteiger partial charge is 0.377 e. The molecule has 7 rings (SSSR count). The number of benzene rings is 2. The molecule has 46 heavy (non-hydrogen) atoms. The molecule has 4 fully saturated rings. The first-order chi connectivity index (χ1) is 22.4. The van der Waals surface area contributed by atoms with Crippen molar-refractivity contribution in [3.05, 3.63) is 48.5 Å². The van der Waals surface area contributed by atoms with E-state index >= 15 is 0 Å². The highest BCUT2D eigenvalue weighted by Gasteiger charge is 2.32. The number of morpholine rings is 1. The standard InChI is InChI=1S/C35H47N9O2/c1-24-4-5-25(2)44(24)34-39-32(38-33(40-34)43-20-21-46-23-26(43)3)28-8-10-29(11-9-28)36-35(45)37-30-12-14-31(15-13-30)42-18-16-41(17-19-42)22-27-6-7-27/h8-15,24-27H,4-7,16-23H2,1-3H3,(H2,36,37,45)/t24-,25+,26-/m1/s1. The Morgan fingerprint density at radius 2 is 1.39 bits per heavy atom. The molecule has 3 aliphatic heterocycles. The van der Waals surface area contributed by atoms with E-state index in [2.05, 4.69) is 63.1 Å². The lowest BCUT2D eigenvalue weighted by Crippen LogP contribution is -2.47. The summed E-state index contributed by atoms with van der Waals surface area (Å²) in [6.07, 6.45) is 5.05. The number of carbonyl (C=O) groups is 1. The van der Waals surface area contributed by atoms with E-state index in [0.717, 1.165) is 68.7 Å². The van der Waals surface area contributed by atoms with E-state index in [1.54, 1.807) is 0 Å². The average molecular weight is 626 g/mol. The van der Waals surface area contributed by atoms with Crippen LogP contribution in [-0.2, 0) is 4.74 Å². The summed E-state index contributed by atoms with van der Waals surface area (Å²) >= 11 is 0. The topological polar surface area (TPSA) is 102 Å². The van der Waals surface area contributed by atoms with E-state index in [9.17, 15) is 4.79 Å². The zero-order valence-electron chi connectivity index (χ0n) is 27.4. The third-order valence-corrected chi connectivity index (χ3v) is 9.90. The molecule has 3 atom stereocenters. The molecule has 0 spiro atoms. The van der Waals surface area contributed by atoms with Crippen molar-refractivity contribution in [2.24, 2.45) is 5.92 Å². The summed E-state index contributed by atoms with van der Waals surface area (Å²) in [4.78, 5) is 37.3. The van der Waals surface area contributed by atoms with Crippen LogP contribution in [0.1, 0.15) is 46.5 Å². The lowest BCUT2D eigenvalue weighted by Gasteiger charge is -2.36. The van der Waals surface area contributed by atoms with Crippen LogP contribution in [0.5, 0.6) is 0 Å². The van der Waals surface area contributed by atoms with Crippen molar-refractivity contribution in [1.82, 2.24) is 19.9 Å². The van der Waals surface area contributed by atoms with E-state index in [-0.39, 0.29) is 12.1 Å². The number of ether oxygens (including phenoxy) is 1. The van der Waals surface area contributed by atoms with Gasteiger partial charge in [0.05, 0.1) is 19.3 Å². The Hall–Kier alpha value is -3.96. The maximum absolute atomic E-state index is 12.9. The molecule has 0 unspecified atom stereocenters. The molecule has 3 aromatic rings. The Labute approximate surface area is 272 Å². The van der Waals surface area contributed by atoms with Gasteiger partial charge in [-0.2, -0.15) is 15.0 Å². The first-order valence-electron chi connectivity index (χ1n) is 17.0. The Morgan fingerprint density at radius 3 is 2.02 bits per heavy atom. The molecule has 2 aromatic carbocycles. The van der Waals surface area contributed by atoms with Crippen molar-refractivity contribution in [1.29, 1.82) is 0 Å². The number of rotatable bonds is 8. The van der Waals surface area contributed by atoms with Gasteiger partial charge in [-0.15, -0.1) is 0 Å². The van der Waals surface area contributed by atoms with Crippen LogP contribution in [0.25, 0.3) is 11.4 Å². The van der Waals surface area contributed by atoms with Gasteiger partial charge in [0.2, 0.25) is 11.9 Å². The molecule has 3 saturated heterocycles. The molecule has 244 valence electrons. The van der Waals surface area contributed by atoms with Gasteiger partial charge in [-0.25, -0.2) is 4.79 Å². The fourth-order valence-electron chi connectivity index (χ4n) is 6.95. The van der Waals surface area contributed by atoms with Gasteiger partial charge in [-0.05, 0) is 101 Å². The van der Waals surface area contributed by atoms with Crippen molar-refractivity contribution in [2.75, 3.05) is 77.8 Å². The van der Waals surface area contributed by atoms with Crippen LogP contribution in [-0.4, -0.2) is 96.5 Å². The monoisotopic (exact) mass is 625 g/mol. The molecule has 2 amide bonds. The number of anilines is 5. The van der Waals surface area contributed by atoms with Crippen LogP contribution in [0, 0.1) is 5.92 Å². The van der Waals surface area contributed by atoms with Crippen LogP contribution < -0.4 is 25.3 Å². The van der Waals surface area contributed by atoms with Crippen molar-refractivity contribution in [3.8, 4) is 11.4 Å². The number of aromatic nitrogens is 3. The minimum atomic E-state index is -0.280. The van der Waals surface area contributed by atoms with Crippen molar-refractivity contribution >= 4 is 35.0 Å². The molecular weight excluding hydrogens is 578 g/mol. The highest BCUT2D eigenvalue weighted by atomic mass is 16.5. The number of hydrogen-bond acceptors (Lipinski definition) is 9. The Kier molecular flexibility index (Phi) is 8.95. The van der Waals surface area contributed by atoms with Gasteiger partial charge in [0.25, 0.3) is 0 Å². The molecule has 11 nitrogen and oxygen atoms in total. The van der Waals surface area contributed by atoms with E-state index in [1.807, 2.05) is 36.4 Å². The minimum absolute atomic E-state index is 0.180. The van der Waals surface area contributed by atoms with Gasteiger partial charge in [0.15, 0.2) is 5.82 Å². The Balaban J connectivity index is 0.995. The van der Waals surface area contributed by atoms with Crippen LogP contribution in [0.3, 0.4) is 0 Å². The van der Waals surface area contributed by atoms with Gasteiger partial charge in [-0.3, -0.25) is 4.90 Å². The molecule has 4 aliphatic rings. The fourth-order valence-corrected chi connectivity index (χ4v) is 6.95. The Morgan fingerprint density at radius 1 is 0.761 bits per heavy atom. The van der Waals surface area contributed by atoms with Gasteiger partial charge in [-0.1, -0.05) is 0 Å². The predicted molar refractivity (Wildman–Crippen MR) is 184 cm³/mol. The number of nitrogens with one attached hydrogen (secondary N) is 2. The third kappa shape index (κ3) is 7.05. The number of hydrogen-bond donors (Lipinski definition) is 2. The van der Waals surface area contributed by atoms with Crippen LogP contribution in [0.4, 0.5) is 33.8 Å². The molecule has 0 bridgehead atoms. The van der Waals surface area contributed by atoms with Crippen LogP contribution in [0.15, 0.2) is 48.5 Å². The van der Waals surface area contributed by atoms with Gasteiger partial charge >= 0.3 is 6.03 Å². The smallest absolute Gasteiger partial charge is 0.323 e. The summed E-state index contributed by atoms with van der Waals surface area (Å²) < 4.78 is 5.67. The number of carbonyl (C=O) groups excluding carboxylic acids is 1. The maximum Gasteiger partial charge on any atom is 0.323 e. The van der Waals surface area contributed by atoms with E-state index < -0.39 is 0 Å². The third-order valence-electron chi connectivity index (χ3n) is 9.90. The van der Waals surface area contributed by atoms with Crippen molar-refractivity contribution < 1.29 is 9.53 Å². The maximum atomic E-state index is 12.9. The number of amides is 2.